The van der Waals surface area contributed by atoms with E-state index in [1.807, 2.05) is 12.1 Å². The van der Waals surface area contributed by atoms with E-state index < -0.39 is 11.4 Å². The van der Waals surface area contributed by atoms with Crippen LogP contribution in [0.4, 0.5) is 5.69 Å². The average Bonchev–Trinajstić information content (AvgIpc) is 2.96. The normalized spacial score (nSPS) is 28.2. The molecule has 1 saturated carbocycles. The van der Waals surface area contributed by atoms with Crippen LogP contribution in [0.3, 0.4) is 0 Å². The van der Waals surface area contributed by atoms with Crippen molar-refractivity contribution in [1.29, 1.82) is 5.26 Å². The molecular formula is C15H15BrN2O2. The van der Waals surface area contributed by atoms with Crippen molar-refractivity contribution in [2.45, 2.75) is 19.3 Å². The summed E-state index contributed by atoms with van der Waals surface area (Å²) in [5.41, 5.74) is 0.838. The molecule has 2 fully saturated rings. The maximum absolute atomic E-state index is 11.7. The van der Waals surface area contributed by atoms with Crippen LogP contribution in [0.5, 0.6) is 0 Å². The molecule has 1 heterocycles. The zero-order chi connectivity index (χ0) is 14.3. The minimum atomic E-state index is -0.682. The van der Waals surface area contributed by atoms with E-state index in [4.69, 9.17) is 0 Å². The number of carboxylic acid groups (broad SMARTS) is 1. The Morgan fingerprint density at radius 2 is 2.35 bits per heavy atom. The van der Waals surface area contributed by atoms with Crippen LogP contribution in [-0.4, -0.2) is 24.2 Å². The molecule has 0 unspecified atom stereocenters. The summed E-state index contributed by atoms with van der Waals surface area (Å²) in [7, 11) is 0. The van der Waals surface area contributed by atoms with E-state index in [0.717, 1.165) is 36.0 Å². The first-order valence-corrected chi connectivity index (χ1v) is 7.54. The second kappa shape index (κ2) is 4.78. The van der Waals surface area contributed by atoms with Gasteiger partial charge >= 0.3 is 5.97 Å². The Bertz CT molecular complexity index is 610. The molecule has 1 aromatic carbocycles. The van der Waals surface area contributed by atoms with Gasteiger partial charge in [0.15, 0.2) is 0 Å². The van der Waals surface area contributed by atoms with E-state index in [9.17, 15) is 15.2 Å². The van der Waals surface area contributed by atoms with E-state index in [0.29, 0.717) is 12.1 Å². The lowest BCUT2D eigenvalue weighted by Gasteiger charge is -2.24. The molecule has 20 heavy (non-hydrogen) atoms. The highest BCUT2D eigenvalue weighted by molar-refractivity contribution is 9.10. The third-order valence-electron chi connectivity index (χ3n) is 4.72. The molecule has 1 saturated heterocycles. The van der Waals surface area contributed by atoms with Crippen LogP contribution in [0, 0.1) is 22.7 Å². The fourth-order valence-electron chi connectivity index (χ4n) is 3.70. The van der Waals surface area contributed by atoms with Crippen LogP contribution < -0.4 is 4.90 Å². The molecule has 2 atom stereocenters. The maximum atomic E-state index is 11.7. The van der Waals surface area contributed by atoms with Gasteiger partial charge in [0, 0.05) is 17.6 Å². The first-order valence-electron chi connectivity index (χ1n) is 6.75. The standard InChI is InChI=1S/C15H15BrN2O2/c16-12-3-4-13(10(6-12)7-17)18-8-11-2-1-5-15(11,9-18)14(19)20/h3-4,6,11H,1-2,5,8-9H2,(H,19,20)/t11-,15+/m0/s1. The maximum Gasteiger partial charge on any atom is 0.311 e. The summed E-state index contributed by atoms with van der Waals surface area (Å²) in [4.78, 5) is 13.8. The third kappa shape index (κ3) is 1.90. The van der Waals surface area contributed by atoms with Crippen molar-refractivity contribution in [3.8, 4) is 6.07 Å². The van der Waals surface area contributed by atoms with E-state index in [1.165, 1.54) is 0 Å². The van der Waals surface area contributed by atoms with Crippen molar-refractivity contribution >= 4 is 27.6 Å². The molecule has 1 aliphatic heterocycles. The Labute approximate surface area is 126 Å². The summed E-state index contributed by atoms with van der Waals surface area (Å²) in [5, 5.41) is 18.9. The summed E-state index contributed by atoms with van der Waals surface area (Å²) in [6, 6.07) is 7.79. The molecule has 1 N–H and O–H groups in total. The van der Waals surface area contributed by atoms with Gasteiger partial charge < -0.3 is 10.0 Å². The molecular weight excluding hydrogens is 320 g/mol. The number of hydrogen-bond acceptors (Lipinski definition) is 3. The number of fused-ring (bicyclic) bond motifs is 1. The lowest BCUT2D eigenvalue weighted by Crippen LogP contribution is -2.35. The van der Waals surface area contributed by atoms with Crippen molar-refractivity contribution < 1.29 is 9.90 Å². The Kier molecular flexibility index (Phi) is 3.21. The van der Waals surface area contributed by atoms with Gasteiger partial charge in [0.2, 0.25) is 0 Å². The molecule has 0 amide bonds. The van der Waals surface area contributed by atoms with Crippen LogP contribution in [0.2, 0.25) is 0 Å². The molecule has 104 valence electrons. The Morgan fingerprint density at radius 1 is 1.55 bits per heavy atom. The molecule has 1 aliphatic carbocycles. The first kappa shape index (κ1) is 13.4. The highest BCUT2D eigenvalue weighted by Gasteiger charge is 2.55. The number of rotatable bonds is 2. The smallest absolute Gasteiger partial charge is 0.311 e. The van der Waals surface area contributed by atoms with Crippen molar-refractivity contribution in [2.24, 2.45) is 11.3 Å². The lowest BCUT2D eigenvalue weighted by atomic mass is 9.81. The van der Waals surface area contributed by atoms with Crippen molar-refractivity contribution in [3.05, 3.63) is 28.2 Å². The third-order valence-corrected chi connectivity index (χ3v) is 5.21. The molecule has 0 radical (unpaired) electrons. The number of benzene rings is 1. The minimum Gasteiger partial charge on any atom is -0.481 e. The summed E-state index contributed by atoms with van der Waals surface area (Å²) in [6.45, 7) is 1.26. The van der Waals surface area contributed by atoms with Gasteiger partial charge in [0.1, 0.15) is 6.07 Å². The van der Waals surface area contributed by atoms with Gasteiger partial charge in [-0.15, -0.1) is 0 Å². The molecule has 0 aromatic heterocycles. The van der Waals surface area contributed by atoms with Crippen molar-refractivity contribution in [2.75, 3.05) is 18.0 Å². The fraction of sp³-hybridized carbons (Fsp3) is 0.467. The van der Waals surface area contributed by atoms with Crippen molar-refractivity contribution in [1.82, 2.24) is 0 Å². The molecule has 3 rings (SSSR count). The summed E-state index contributed by atoms with van der Waals surface area (Å²) in [5.74, 6) is -0.478. The number of hydrogen-bond donors (Lipinski definition) is 1. The second-order valence-electron chi connectivity index (χ2n) is 5.70. The quantitative estimate of drug-likeness (QED) is 0.902. The predicted molar refractivity (Wildman–Crippen MR) is 78.5 cm³/mol. The molecule has 5 heteroatoms. The topological polar surface area (TPSA) is 64.3 Å². The average molecular weight is 335 g/mol. The molecule has 0 bridgehead atoms. The fourth-order valence-corrected chi connectivity index (χ4v) is 4.06. The molecule has 4 nitrogen and oxygen atoms in total. The zero-order valence-electron chi connectivity index (χ0n) is 11.0. The van der Waals surface area contributed by atoms with E-state index in [1.54, 1.807) is 6.07 Å². The SMILES string of the molecule is N#Cc1cc(Br)ccc1N1C[C@@H]2CCC[C@@]2(C(=O)O)C1. The number of nitriles is 1. The van der Waals surface area contributed by atoms with Crippen LogP contribution in [0.1, 0.15) is 24.8 Å². The number of carbonyl (C=O) groups is 1. The number of nitrogens with zero attached hydrogens (tertiary/aromatic N) is 2. The van der Waals surface area contributed by atoms with Gasteiger partial charge in [-0.2, -0.15) is 5.26 Å². The van der Waals surface area contributed by atoms with Gasteiger partial charge in [0.25, 0.3) is 0 Å². The molecule has 0 spiro atoms. The first-order chi connectivity index (χ1) is 9.56. The number of aliphatic carboxylic acids is 1. The Hall–Kier alpha value is -1.54. The number of carboxylic acids is 1. The second-order valence-corrected chi connectivity index (χ2v) is 6.62. The lowest BCUT2D eigenvalue weighted by molar-refractivity contribution is -0.149. The highest BCUT2D eigenvalue weighted by Crippen LogP contribution is 2.50. The summed E-state index contributed by atoms with van der Waals surface area (Å²) >= 11 is 3.36. The Morgan fingerprint density at radius 3 is 3.00 bits per heavy atom. The van der Waals surface area contributed by atoms with Gasteiger partial charge in [-0.25, -0.2) is 0 Å². The van der Waals surface area contributed by atoms with Crippen LogP contribution in [0.15, 0.2) is 22.7 Å². The summed E-state index contributed by atoms with van der Waals surface area (Å²) in [6.07, 6.45) is 2.72. The van der Waals surface area contributed by atoms with E-state index in [-0.39, 0.29) is 5.92 Å². The monoisotopic (exact) mass is 334 g/mol. The zero-order valence-corrected chi connectivity index (χ0v) is 12.6. The van der Waals surface area contributed by atoms with Gasteiger partial charge in [-0.1, -0.05) is 22.4 Å². The van der Waals surface area contributed by atoms with Gasteiger partial charge in [-0.05, 0) is 37.0 Å². The highest BCUT2D eigenvalue weighted by atomic mass is 79.9. The van der Waals surface area contributed by atoms with Crippen LogP contribution in [0.25, 0.3) is 0 Å². The molecule has 2 aliphatic rings. The van der Waals surface area contributed by atoms with Crippen LogP contribution in [-0.2, 0) is 4.79 Å². The largest absolute Gasteiger partial charge is 0.481 e. The Balaban J connectivity index is 1.95. The summed E-state index contributed by atoms with van der Waals surface area (Å²) < 4.78 is 0.866. The number of halogens is 1. The van der Waals surface area contributed by atoms with Crippen LogP contribution >= 0.6 is 15.9 Å². The number of anilines is 1. The van der Waals surface area contributed by atoms with Gasteiger partial charge in [-0.3, -0.25) is 4.79 Å². The van der Waals surface area contributed by atoms with E-state index >= 15 is 0 Å². The minimum absolute atomic E-state index is 0.204. The molecule has 1 aromatic rings. The van der Waals surface area contributed by atoms with E-state index in [2.05, 4.69) is 26.9 Å². The predicted octanol–water partition coefficient (Wildman–Crippen LogP) is 3.01. The van der Waals surface area contributed by atoms with Crippen molar-refractivity contribution in [3.63, 3.8) is 0 Å². The van der Waals surface area contributed by atoms with Gasteiger partial charge in [0.05, 0.1) is 16.7 Å².